The van der Waals surface area contributed by atoms with Crippen molar-refractivity contribution in [1.29, 1.82) is 0 Å². The average molecular weight is 418 g/mol. The highest BCUT2D eigenvalue weighted by molar-refractivity contribution is 5.98. The van der Waals surface area contributed by atoms with Crippen molar-refractivity contribution in [2.75, 3.05) is 14.2 Å². The lowest BCUT2D eigenvalue weighted by Gasteiger charge is -2.09. The number of methoxy groups -OCH3 is 2. The van der Waals surface area contributed by atoms with Crippen molar-refractivity contribution in [3.05, 3.63) is 89.0 Å². The van der Waals surface area contributed by atoms with Crippen LogP contribution in [0.2, 0.25) is 0 Å². The van der Waals surface area contributed by atoms with E-state index in [2.05, 4.69) is 10.5 Å². The second kappa shape index (κ2) is 10.1. The molecule has 0 aliphatic carbocycles. The molecule has 0 aliphatic rings. The third-order valence-electron chi connectivity index (χ3n) is 4.42. The number of ether oxygens (including phenoxy) is 3. The van der Waals surface area contributed by atoms with Crippen molar-refractivity contribution in [3.8, 4) is 17.2 Å². The fourth-order valence-electron chi connectivity index (χ4n) is 2.77. The zero-order chi connectivity index (χ0) is 22.2. The van der Waals surface area contributed by atoms with E-state index < -0.39 is 11.9 Å². The molecule has 3 aromatic carbocycles. The Kier molecular flexibility index (Phi) is 7.01. The quantitative estimate of drug-likeness (QED) is 0.271. The molecule has 0 spiro atoms. The topological polar surface area (TPSA) is 86.2 Å². The van der Waals surface area contributed by atoms with E-state index in [0.29, 0.717) is 33.9 Å². The van der Waals surface area contributed by atoms with Gasteiger partial charge in [0.2, 0.25) is 0 Å². The van der Waals surface area contributed by atoms with Gasteiger partial charge in [0.15, 0.2) is 0 Å². The molecule has 0 bridgehead atoms. The van der Waals surface area contributed by atoms with Crippen LogP contribution >= 0.6 is 0 Å². The van der Waals surface area contributed by atoms with Gasteiger partial charge in [-0.2, -0.15) is 5.10 Å². The Morgan fingerprint density at radius 1 is 0.903 bits per heavy atom. The Morgan fingerprint density at radius 3 is 2.35 bits per heavy atom. The third-order valence-corrected chi connectivity index (χ3v) is 4.42. The van der Waals surface area contributed by atoms with E-state index in [-0.39, 0.29) is 0 Å². The first kappa shape index (κ1) is 21.6. The highest BCUT2D eigenvalue weighted by Crippen LogP contribution is 2.21. The van der Waals surface area contributed by atoms with E-state index in [9.17, 15) is 9.59 Å². The molecule has 0 heterocycles. The predicted molar refractivity (Wildman–Crippen MR) is 117 cm³/mol. The molecular weight excluding hydrogens is 396 g/mol. The Bertz CT molecular complexity index is 1110. The minimum atomic E-state index is -0.517. The second-order valence-corrected chi connectivity index (χ2v) is 6.56. The molecule has 7 heteroatoms. The van der Waals surface area contributed by atoms with Crippen LogP contribution in [-0.2, 0) is 0 Å². The Labute approximate surface area is 180 Å². The number of hydrogen-bond acceptors (Lipinski definition) is 6. The van der Waals surface area contributed by atoms with Crippen LogP contribution in [0, 0.1) is 6.92 Å². The summed E-state index contributed by atoms with van der Waals surface area (Å²) in [4.78, 5) is 24.9. The predicted octanol–water partition coefficient (Wildman–Crippen LogP) is 4.00. The zero-order valence-electron chi connectivity index (χ0n) is 17.4. The van der Waals surface area contributed by atoms with Gasteiger partial charge in [0.25, 0.3) is 5.91 Å². The van der Waals surface area contributed by atoms with E-state index in [1.54, 1.807) is 67.8 Å². The average Bonchev–Trinajstić information content (AvgIpc) is 2.80. The summed E-state index contributed by atoms with van der Waals surface area (Å²) < 4.78 is 15.8. The lowest BCUT2D eigenvalue weighted by Crippen LogP contribution is -2.18. The smallest absolute Gasteiger partial charge is 0.343 e. The van der Waals surface area contributed by atoms with Crippen molar-refractivity contribution >= 4 is 18.1 Å². The highest BCUT2D eigenvalue weighted by atomic mass is 16.5. The van der Waals surface area contributed by atoms with Crippen LogP contribution in [0.5, 0.6) is 17.2 Å². The minimum Gasteiger partial charge on any atom is -0.497 e. The number of hydrazone groups is 1. The summed E-state index contributed by atoms with van der Waals surface area (Å²) in [5.74, 6) is 0.485. The normalized spacial score (nSPS) is 10.5. The molecule has 0 saturated heterocycles. The van der Waals surface area contributed by atoms with Crippen molar-refractivity contribution in [2.45, 2.75) is 6.92 Å². The van der Waals surface area contributed by atoms with Gasteiger partial charge in [0.05, 0.1) is 31.6 Å². The van der Waals surface area contributed by atoms with E-state index in [4.69, 9.17) is 14.2 Å². The third kappa shape index (κ3) is 5.48. The van der Waals surface area contributed by atoms with Crippen LogP contribution in [0.1, 0.15) is 31.8 Å². The molecule has 1 amide bonds. The van der Waals surface area contributed by atoms with Crippen molar-refractivity contribution in [1.82, 2.24) is 5.43 Å². The van der Waals surface area contributed by atoms with Gasteiger partial charge < -0.3 is 14.2 Å². The molecule has 1 N–H and O–H groups in total. The largest absolute Gasteiger partial charge is 0.497 e. The van der Waals surface area contributed by atoms with Gasteiger partial charge >= 0.3 is 5.97 Å². The minimum absolute atomic E-state index is 0.314. The Balaban J connectivity index is 1.70. The van der Waals surface area contributed by atoms with Gasteiger partial charge in [-0.25, -0.2) is 10.2 Å². The van der Waals surface area contributed by atoms with E-state index in [1.165, 1.54) is 13.3 Å². The number of aryl methyl sites for hydroxylation is 1. The van der Waals surface area contributed by atoms with E-state index in [1.807, 2.05) is 13.0 Å². The van der Waals surface area contributed by atoms with Crippen LogP contribution in [0.25, 0.3) is 0 Å². The molecule has 0 aliphatic heterocycles. The lowest BCUT2D eigenvalue weighted by molar-refractivity contribution is 0.0734. The lowest BCUT2D eigenvalue weighted by atomic mass is 10.1. The summed E-state index contributed by atoms with van der Waals surface area (Å²) in [6, 6.07) is 18.7. The van der Waals surface area contributed by atoms with Crippen LogP contribution in [0.4, 0.5) is 0 Å². The van der Waals surface area contributed by atoms with Crippen LogP contribution in [0.15, 0.2) is 71.8 Å². The van der Waals surface area contributed by atoms with E-state index in [0.717, 1.165) is 5.56 Å². The summed E-state index contributed by atoms with van der Waals surface area (Å²) >= 11 is 0. The monoisotopic (exact) mass is 418 g/mol. The zero-order valence-corrected chi connectivity index (χ0v) is 17.4. The van der Waals surface area contributed by atoms with Crippen molar-refractivity contribution < 1.29 is 23.8 Å². The number of nitrogens with zero attached hydrogens (tertiary/aromatic N) is 1. The molecule has 158 valence electrons. The molecule has 3 aromatic rings. The molecule has 0 atom stereocenters. The maximum atomic E-state index is 12.4. The summed E-state index contributed by atoms with van der Waals surface area (Å²) in [6.07, 6.45) is 1.41. The molecule has 0 radical (unpaired) electrons. The number of carbonyl (C=O) groups is 2. The second-order valence-electron chi connectivity index (χ2n) is 6.56. The molecule has 0 aromatic heterocycles. The van der Waals surface area contributed by atoms with Gasteiger partial charge in [-0.05, 0) is 61.0 Å². The molecule has 7 nitrogen and oxygen atoms in total. The van der Waals surface area contributed by atoms with E-state index >= 15 is 0 Å². The van der Waals surface area contributed by atoms with Gasteiger partial charge in [-0.1, -0.05) is 18.2 Å². The number of nitrogens with one attached hydrogen (secondary N) is 1. The number of carbonyl (C=O) groups excluding carboxylic acids is 2. The van der Waals surface area contributed by atoms with Gasteiger partial charge in [-0.15, -0.1) is 0 Å². The molecule has 0 fully saturated rings. The first-order chi connectivity index (χ1) is 15.0. The number of para-hydroxylation sites is 1. The van der Waals surface area contributed by atoms with Crippen LogP contribution in [0.3, 0.4) is 0 Å². The molecule has 0 unspecified atom stereocenters. The number of benzene rings is 3. The van der Waals surface area contributed by atoms with Crippen molar-refractivity contribution in [3.63, 3.8) is 0 Å². The standard InChI is InChI=1S/C24H22N2O5/c1-16-8-13-20(22(14-16)30-3)23(27)26-25-15-18-6-4-5-7-21(18)31-24(28)17-9-11-19(29-2)12-10-17/h4-15H,1-3H3,(H,26,27)/b25-15-. The van der Waals surface area contributed by atoms with Gasteiger partial charge in [-0.3, -0.25) is 4.79 Å². The SMILES string of the molecule is COc1ccc(C(=O)Oc2ccccc2/C=N\NC(=O)c2ccc(C)cc2OC)cc1. The number of amides is 1. The number of hydrogen-bond donors (Lipinski definition) is 1. The maximum Gasteiger partial charge on any atom is 0.343 e. The highest BCUT2D eigenvalue weighted by Gasteiger charge is 2.13. The maximum absolute atomic E-state index is 12.4. The fraction of sp³-hybridized carbons (Fsp3) is 0.125. The van der Waals surface area contributed by atoms with Crippen LogP contribution in [-0.4, -0.2) is 32.3 Å². The fourth-order valence-corrected chi connectivity index (χ4v) is 2.77. The summed E-state index contributed by atoms with van der Waals surface area (Å²) in [5, 5.41) is 3.99. The van der Waals surface area contributed by atoms with Crippen molar-refractivity contribution in [2.24, 2.45) is 5.10 Å². The summed E-state index contributed by atoms with van der Waals surface area (Å²) in [6.45, 7) is 1.91. The summed E-state index contributed by atoms with van der Waals surface area (Å²) in [5.41, 5.74) is 4.71. The number of esters is 1. The number of rotatable bonds is 7. The first-order valence-corrected chi connectivity index (χ1v) is 9.45. The van der Waals surface area contributed by atoms with Crippen LogP contribution < -0.4 is 19.6 Å². The summed E-state index contributed by atoms with van der Waals surface area (Å²) in [7, 11) is 3.05. The Hall–Kier alpha value is -4.13. The van der Waals surface area contributed by atoms with Gasteiger partial charge in [0, 0.05) is 5.56 Å². The molecular formula is C24H22N2O5. The molecule has 0 saturated carbocycles. The first-order valence-electron chi connectivity index (χ1n) is 9.45. The van der Waals surface area contributed by atoms with Gasteiger partial charge in [0.1, 0.15) is 17.2 Å². The molecule has 31 heavy (non-hydrogen) atoms. The Morgan fingerprint density at radius 2 is 1.65 bits per heavy atom. The molecule has 3 rings (SSSR count).